The van der Waals surface area contributed by atoms with Gasteiger partial charge >= 0.3 is 0 Å². The molecule has 0 saturated carbocycles. The van der Waals surface area contributed by atoms with Gasteiger partial charge in [0.05, 0.1) is 0 Å². The fourth-order valence-electron chi connectivity index (χ4n) is 1.39. The lowest BCUT2D eigenvalue weighted by atomic mass is 10.2. The van der Waals surface area contributed by atoms with Crippen molar-refractivity contribution in [3.63, 3.8) is 0 Å². The Morgan fingerprint density at radius 1 is 1.25 bits per heavy atom. The lowest BCUT2D eigenvalue weighted by Gasteiger charge is -2.13. The highest BCUT2D eigenvalue weighted by atomic mass is 15.1. The molecule has 0 aromatic carbocycles. The molecule has 4 heteroatoms. The zero-order valence-electron chi connectivity index (χ0n) is 10.7. The zero-order valence-corrected chi connectivity index (χ0v) is 10.7. The van der Waals surface area contributed by atoms with Crippen LogP contribution in [0.1, 0.15) is 39.4 Å². The summed E-state index contributed by atoms with van der Waals surface area (Å²) in [4.78, 5) is 8.91. The molecule has 0 saturated heterocycles. The van der Waals surface area contributed by atoms with Gasteiger partial charge < -0.3 is 10.6 Å². The number of anilines is 2. The zero-order chi connectivity index (χ0) is 12.0. The van der Waals surface area contributed by atoms with Crippen LogP contribution in [-0.2, 0) is 6.42 Å². The van der Waals surface area contributed by atoms with Crippen molar-refractivity contribution in [3.8, 4) is 0 Å². The third kappa shape index (κ3) is 3.68. The summed E-state index contributed by atoms with van der Waals surface area (Å²) >= 11 is 0. The van der Waals surface area contributed by atoms with Crippen LogP contribution in [0.5, 0.6) is 0 Å². The van der Waals surface area contributed by atoms with E-state index in [9.17, 15) is 0 Å². The second kappa shape index (κ2) is 6.30. The van der Waals surface area contributed by atoms with Crippen molar-refractivity contribution >= 4 is 11.6 Å². The number of aryl methyl sites for hydroxylation is 1. The molecule has 2 N–H and O–H groups in total. The fraction of sp³-hybridized carbons (Fsp3) is 0.667. The molecule has 1 heterocycles. The lowest BCUT2D eigenvalue weighted by Crippen LogP contribution is -2.15. The summed E-state index contributed by atoms with van der Waals surface area (Å²) in [5.41, 5.74) is 0. The molecule has 90 valence electrons. The summed E-state index contributed by atoms with van der Waals surface area (Å²) in [5.74, 6) is 2.70. The second-order valence-electron chi connectivity index (χ2n) is 4.01. The number of nitrogens with one attached hydrogen (secondary N) is 2. The minimum atomic E-state index is 0.439. The van der Waals surface area contributed by atoms with Crippen LogP contribution in [0.2, 0.25) is 0 Å². The van der Waals surface area contributed by atoms with Crippen LogP contribution in [0.25, 0.3) is 0 Å². The maximum Gasteiger partial charge on any atom is 0.133 e. The van der Waals surface area contributed by atoms with Gasteiger partial charge in [-0.1, -0.05) is 13.8 Å². The van der Waals surface area contributed by atoms with Gasteiger partial charge in [0.2, 0.25) is 0 Å². The van der Waals surface area contributed by atoms with Gasteiger partial charge in [-0.05, 0) is 19.8 Å². The van der Waals surface area contributed by atoms with Crippen LogP contribution in [0.3, 0.4) is 0 Å². The Bertz CT molecular complexity index is 325. The minimum Gasteiger partial charge on any atom is -0.373 e. The number of hydrogen-bond acceptors (Lipinski definition) is 4. The first-order chi connectivity index (χ1) is 7.69. The third-order valence-electron chi connectivity index (χ3n) is 2.51. The second-order valence-corrected chi connectivity index (χ2v) is 4.01. The molecule has 0 spiro atoms. The fourth-order valence-corrected chi connectivity index (χ4v) is 1.39. The van der Waals surface area contributed by atoms with Crippen molar-refractivity contribution in [1.82, 2.24) is 9.97 Å². The van der Waals surface area contributed by atoms with Gasteiger partial charge in [-0.15, -0.1) is 0 Å². The summed E-state index contributed by atoms with van der Waals surface area (Å²) in [5, 5.41) is 6.44. The maximum absolute atomic E-state index is 4.50. The minimum absolute atomic E-state index is 0.439. The van der Waals surface area contributed by atoms with Crippen LogP contribution >= 0.6 is 0 Å². The molecule has 1 atom stereocenters. The highest BCUT2D eigenvalue weighted by Gasteiger charge is 2.05. The molecule has 0 aliphatic rings. The molecule has 0 aliphatic carbocycles. The molecule has 0 fully saturated rings. The first kappa shape index (κ1) is 12.7. The Kier molecular flexibility index (Phi) is 5.02. The number of rotatable bonds is 6. The van der Waals surface area contributed by atoms with Gasteiger partial charge in [0.25, 0.3) is 0 Å². The van der Waals surface area contributed by atoms with Crippen LogP contribution in [-0.4, -0.2) is 23.1 Å². The Balaban J connectivity index is 2.85. The average Bonchev–Trinajstić information content (AvgIpc) is 2.29. The molecule has 0 aliphatic heterocycles. The van der Waals surface area contributed by atoms with E-state index in [2.05, 4.69) is 41.4 Å². The first-order valence-corrected chi connectivity index (χ1v) is 6.01. The van der Waals surface area contributed by atoms with Crippen molar-refractivity contribution in [2.45, 2.75) is 46.1 Å². The van der Waals surface area contributed by atoms with Crippen molar-refractivity contribution in [2.75, 3.05) is 17.7 Å². The number of hydrogen-bond donors (Lipinski definition) is 2. The smallest absolute Gasteiger partial charge is 0.133 e. The summed E-state index contributed by atoms with van der Waals surface area (Å²) in [6.07, 6.45) is 3.07. The molecule has 0 amide bonds. The SMILES string of the molecule is CCCc1nc(NC)cc(NC(C)CC)n1. The predicted molar refractivity (Wildman–Crippen MR) is 68.9 cm³/mol. The van der Waals surface area contributed by atoms with Crippen molar-refractivity contribution < 1.29 is 0 Å². The number of aromatic nitrogens is 2. The van der Waals surface area contributed by atoms with E-state index < -0.39 is 0 Å². The van der Waals surface area contributed by atoms with Gasteiger partial charge in [0.15, 0.2) is 0 Å². The van der Waals surface area contributed by atoms with Gasteiger partial charge in [-0.2, -0.15) is 0 Å². The molecule has 1 aromatic rings. The summed E-state index contributed by atoms with van der Waals surface area (Å²) in [6.45, 7) is 6.45. The van der Waals surface area contributed by atoms with Crippen LogP contribution < -0.4 is 10.6 Å². The Hall–Kier alpha value is -1.32. The van der Waals surface area contributed by atoms with Crippen molar-refractivity contribution in [3.05, 3.63) is 11.9 Å². The van der Waals surface area contributed by atoms with E-state index in [1.54, 1.807) is 0 Å². The van der Waals surface area contributed by atoms with Crippen LogP contribution in [0.4, 0.5) is 11.6 Å². The molecule has 4 nitrogen and oxygen atoms in total. The predicted octanol–water partition coefficient (Wildman–Crippen LogP) is 2.68. The van der Waals surface area contributed by atoms with Gasteiger partial charge in [0.1, 0.15) is 17.5 Å². The molecular formula is C12H22N4. The van der Waals surface area contributed by atoms with E-state index in [1.165, 1.54) is 0 Å². The standard InChI is InChI=1S/C12H22N4/c1-5-7-10-15-11(13-4)8-12(16-10)14-9(3)6-2/h8-9H,5-7H2,1-4H3,(H2,13,14,15,16). The van der Waals surface area contributed by atoms with Crippen LogP contribution in [0, 0.1) is 0 Å². The molecule has 16 heavy (non-hydrogen) atoms. The topological polar surface area (TPSA) is 49.8 Å². The monoisotopic (exact) mass is 222 g/mol. The van der Waals surface area contributed by atoms with E-state index in [4.69, 9.17) is 0 Å². The van der Waals surface area contributed by atoms with E-state index in [1.807, 2.05) is 13.1 Å². The van der Waals surface area contributed by atoms with Crippen molar-refractivity contribution in [1.29, 1.82) is 0 Å². The highest BCUT2D eigenvalue weighted by Crippen LogP contribution is 2.13. The van der Waals surface area contributed by atoms with Gasteiger partial charge in [-0.25, -0.2) is 9.97 Å². The Morgan fingerprint density at radius 3 is 2.50 bits per heavy atom. The third-order valence-corrected chi connectivity index (χ3v) is 2.51. The number of nitrogens with zero attached hydrogens (tertiary/aromatic N) is 2. The summed E-state index contributed by atoms with van der Waals surface area (Å²) < 4.78 is 0. The van der Waals surface area contributed by atoms with Crippen molar-refractivity contribution in [2.24, 2.45) is 0 Å². The van der Waals surface area contributed by atoms with E-state index in [0.717, 1.165) is 36.7 Å². The molecule has 1 unspecified atom stereocenters. The van der Waals surface area contributed by atoms with E-state index in [0.29, 0.717) is 6.04 Å². The first-order valence-electron chi connectivity index (χ1n) is 6.01. The van der Waals surface area contributed by atoms with Gasteiger partial charge in [-0.3, -0.25) is 0 Å². The van der Waals surface area contributed by atoms with Crippen LogP contribution in [0.15, 0.2) is 6.07 Å². The van der Waals surface area contributed by atoms with Gasteiger partial charge in [0, 0.05) is 25.6 Å². The molecule has 0 radical (unpaired) electrons. The summed E-state index contributed by atoms with van der Waals surface area (Å²) in [6, 6.07) is 2.39. The highest BCUT2D eigenvalue weighted by molar-refractivity contribution is 5.47. The molecule has 0 bridgehead atoms. The molecular weight excluding hydrogens is 200 g/mol. The maximum atomic E-state index is 4.50. The molecule has 1 aromatic heterocycles. The largest absolute Gasteiger partial charge is 0.373 e. The quantitative estimate of drug-likeness (QED) is 0.777. The Labute approximate surface area is 97.9 Å². The average molecular weight is 222 g/mol. The summed E-state index contributed by atoms with van der Waals surface area (Å²) in [7, 11) is 1.88. The molecule has 1 rings (SSSR count). The van der Waals surface area contributed by atoms with E-state index >= 15 is 0 Å². The Morgan fingerprint density at radius 2 is 1.94 bits per heavy atom. The normalized spacial score (nSPS) is 12.2. The lowest BCUT2D eigenvalue weighted by molar-refractivity contribution is 0.752. The van der Waals surface area contributed by atoms with E-state index in [-0.39, 0.29) is 0 Å².